The highest BCUT2D eigenvalue weighted by Gasteiger charge is 2.51. The minimum Gasteiger partial charge on any atom is -0.480 e. The van der Waals surface area contributed by atoms with Gasteiger partial charge in [0.25, 0.3) is 5.91 Å². The van der Waals surface area contributed by atoms with E-state index < -0.39 is 17.4 Å². The zero-order valence-electron chi connectivity index (χ0n) is 7.28. The molecule has 6 nitrogen and oxygen atoms in total. The highest BCUT2D eigenvalue weighted by Crippen LogP contribution is 2.35. The summed E-state index contributed by atoms with van der Waals surface area (Å²) in [4.78, 5) is 22.2. The van der Waals surface area contributed by atoms with Crippen molar-refractivity contribution in [3.63, 3.8) is 0 Å². The third kappa shape index (κ3) is 1.34. The molecule has 1 heterocycles. The van der Waals surface area contributed by atoms with Crippen molar-refractivity contribution in [1.29, 1.82) is 0 Å². The van der Waals surface area contributed by atoms with Crippen LogP contribution in [-0.2, 0) is 4.79 Å². The summed E-state index contributed by atoms with van der Waals surface area (Å²) in [6.07, 6.45) is 2.42. The molecule has 1 aliphatic carbocycles. The van der Waals surface area contributed by atoms with E-state index in [9.17, 15) is 9.59 Å². The van der Waals surface area contributed by atoms with Crippen LogP contribution in [0.15, 0.2) is 12.3 Å². The predicted octanol–water partition coefficient (Wildman–Crippen LogP) is -0.243. The molecule has 74 valence electrons. The highest BCUT2D eigenvalue weighted by molar-refractivity contribution is 5.97. The Kier molecular flexibility index (Phi) is 1.77. The van der Waals surface area contributed by atoms with Gasteiger partial charge in [0.1, 0.15) is 11.2 Å². The number of H-pyrrole nitrogens is 1. The van der Waals surface area contributed by atoms with Crippen molar-refractivity contribution in [2.24, 2.45) is 0 Å². The molecule has 6 heteroatoms. The van der Waals surface area contributed by atoms with Gasteiger partial charge in [0.15, 0.2) is 0 Å². The maximum Gasteiger partial charge on any atom is 0.329 e. The number of carboxylic acids is 1. The van der Waals surface area contributed by atoms with Crippen molar-refractivity contribution in [1.82, 2.24) is 15.5 Å². The van der Waals surface area contributed by atoms with Crippen LogP contribution in [0.4, 0.5) is 0 Å². The lowest BCUT2D eigenvalue weighted by Crippen LogP contribution is -2.43. The molecule has 0 aromatic carbocycles. The molecular weight excluding hydrogens is 186 g/mol. The number of carbonyl (C=O) groups excluding carboxylic acids is 1. The summed E-state index contributed by atoms with van der Waals surface area (Å²) >= 11 is 0. The molecule has 0 unspecified atom stereocenters. The van der Waals surface area contributed by atoms with Crippen molar-refractivity contribution in [2.75, 3.05) is 0 Å². The van der Waals surface area contributed by atoms with Crippen LogP contribution in [0.1, 0.15) is 23.3 Å². The first-order valence-corrected chi connectivity index (χ1v) is 4.19. The van der Waals surface area contributed by atoms with Gasteiger partial charge in [-0.05, 0) is 18.9 Å². The zero-order chi connectivity index (χ0) is 10.2. The number of carboxylic acid groups (broad SMARTS) is 1. The molecule has 2 rings (SSSR count). The van der Waals surface area contributed by atoms with E-state index in [0.717, 1.165) is 0 Å². The third-order valence-corrected chi connectivity index (χ3v) is 2.26. The fourth-order valence-corrected chi connectivity index (χ4v) is 1.18. The maximum absolute atomic E-state index is 11.4. The van der Waals surface area contributed by atoms with Gasteiger partial charge in [-0.25, -0.2) is 4.79 Å². The summed E-state index contributed by atoms with van der Waals surface area (Å²) in [5.74, 6) is -1.41. The number of nitrogens with one attached hydrogen (secondary N) is 2. The Morgan fingerprint density at radius 3 is 2.71 bits per heavy atom. The van der Waals surface area contributed by atoms with Gasteiger partial charge in [-0.2, -0.15) is 5.10 Å². The van der Waals surface area contributed by atoms with E-state index in [2.05, 4.69) is 15.5 Å². The number of aromatic nitrogens is 2. The molecule has 3 N–H and O–H groups in total. The topological polar surface area (TPSA) is 95.1 Å². The lowest BCUT2D eigenvalue weighted by Gasteiger charge is -2.10. The lowest BCUT2D eigenvalue weighted by atomic mass is 10.2. The van der Waals surface area contributed by atoms with Gasteiger partial charge in [-0.3, -0.25) is 9.89 Å². The van der Waals surface area contributed by atoms with Crippen LogP contribution in [0, 0.1) is 0 Å². The molecule has 1 fully saturated rings. The quantitative estimate of drug-likeness (QED) is 0.620. The summed E-state index contributed by atoms with van der Waals surface area (Å²) in [5, 5.41) is 17.3. The molecule has 1 saturated carbocycles. The number of hydrogen-bond acceptors (Lipinski definition) is 3. The van der Waals surface area contributed by atoms with Gasteiger partial charge in [-0.15, -0.1) is 0 Å². The van der Waals surface area contributed by atoms with Crippen molar-refractivity contribution in [2.45, 2.75) is 18.4 Å². The first-order valence-electron chi connectivity index (χ1n) is 4.19. The van der Waals surface area contributed by atoms with Crippen LogP contribution >= 0.6 is 0 Å². The van der Waals surface area contributed by atoms with Gasteiger partial charge in [0, 0.05) is 6.20 Å². The Morgan fingerprint density at radius 2 is 2.29 bits per heavy atom. The normalized spacial score (nSPS) is 17.4. The second-order valence-corrected chi connectivity index (χ2v) is 3.31. The number of aliphatic carboxylic acids is 1. The molecule has 0 atom stereocenters. The van der Waals surface area contributed by atoms with Crippen molar-refractivity contribution in [3.8, 4) is 0 Å². The summed E-state index contributed by atoms with van der Waals surface area (Å²) in [5.41, 5.74) is -0.764. The van der Waals surface area contributed by atoms with Crippen LogP contribution in [0.2, 0.25) is 0 Å². The van der Waals surface area contributed by atoms with E-state index in [0.29, 0.717) is 12.8 Å². The Hall–Kier alpha value is -1.85. The van der Waals surface area contributed by atoms with Crippen LogP contribution in [0.5, 0.6) is 0 Å². The molecule has 0 bridgehead atoms. The number of rotatable bonds is 3. The third-order valence-electron chi connectivity index (χ3n) is 2.26. The molecule has 1 aromatic heterocycles. The predicted molar refractivity (Wildman–Crippen MR) is 45.7 cm³/mol. The average molecular weight is 195 g/mol. The van der Waals surface area contributed by atoms with Crippen LogP contribution in [-0.4, -0.2) is 32.7 Å². The van der Waals surface area contributed by atoms with E-state index >= 15 is 0 Å². The smallest absolute Gasteiger partial charge is 0.329 e. The zero-order valence-corrected chi connectivity index (χ0v) is 7.28. The first kappa shape index (κ1) is 8.74. The van der Waals surface area contributed by atoms with Crippen LogP contribution in [0.3, 0.4) is 0 Å². The van der Waals surface area contributed by atoms with E-state index in [-0.39, 0.29) is 5.69 Å². The SMILES string of the molecule is O=C(NC1(C(=O)O)CC1)c1ccn[nH]1. The largest absolute Gasteiger partial charge is 0.480 e. The molecule has 0 aliphatic heterocycles. The van der Waals surface area contributed by atoms with Crippen molar-refractivity contribution < 1.29 is 14.7 Å². The van der Waals surface area contributed by atoms with Gasteiger partial charge in [-0.1, -0.05) is 0 Å². The number of hydrogen-bond donors (Lipinski definition) is 3. The summed E-state index contributed by atoms with van der Waals surface area (Å²) in [6.45, 7) is 0. The Bertz CT molecular complexity index is 367. The van der Waals surface area contributed by atoms with E-state index in [1.54, 1.807) is 0 Å². The molecule has 0 spiro atoms. The monoisotopic (exact) mass is 195 g/mol. The lowest BCUT2D eigenvalue weighted by molar-refractivity contribution is -0.140. The second kappa shape index (κ2) is 2.83. The summed E-state index contributed by atoms with van der Waals surface area (Å²) in [7, 11) is 0. The Balaban J connectivity index is 2.06. The van der Waals surface area contributed by atoms with E-state index in [1.807, 2.05) is 0 Å². The Morgan fingerprint density at radius 1 is 1.57 bits per heavy atom. The molecule has 0 radical (unpaired) electrons. The number of amides is 1. The van der Waals surface area contributed by atoms with Gasteiger partial charge in [0.05, 0.1) is 0 Å². The highest BCUT2D eigenvalue weighted by atomic mass is 16.4. The molecule has 1 aliphatic rings. The molecule has 1 aromatic rings. The number of carbonyl (C=O) groups is 2. The average Bonchev–Trinajstić information content (AvgIpc) is 2.74. The van der Waals surface area contributed by atoms with Crippen LogP contribution in [0.25, 0.3) is 0 Å². The van der Waals surface area contributed by atoms with Gasteiger partial charge in [0.2, 0.25) is 0 Å². The fraction of sp³-hybridized carbons (Fsp3) is 0.375. The van der Waals surface area contributed by atoms with Crippen molar-refractivity contribution in [3.05, 3.63) is 18.0 Å². The second-order valence-electron chi connectivity index (χ2n) is 3.31. The maximum atomic E-state index is 11.4. The van der Waals surface area contributed by atoms with E-state index in [1.165, 1.54) is 12.3 Å². The molecule has 14 heavy (non-hydrogen) atoms. The number of nitrogens with zero attached hydrogens (tertiary/aromatic N) is 1. The van der Waals surface area contributed by atoms with E-state index in [4.69, 9.17) is 5.11 Å². The first-order chi connectivity index (χ1) is 6.64. The number of aromatic amines is 1. The van der Waals surface area contributed by atoms with Crippen molar-refractivity contribution >= 4 is 11.9 Å². The molecule has 0 saturated heterocycles. The molecule has 1 amide bonds. The minimum atomic E-state index is -1.04. The minimum absolute atomic E-state index is 0.275. The van der Waals surface area contributed by atoms with Gasteiger partial charge >= 0.3 is 5.97 Å². The van der Waals surface area contributed by atoms with Gasteiger partial charge < -0.3 is 10.4 Å². The standard InChI is InChI=1S/C8H9N3O3/c12-6(5-1-4-9-11-5)10-8(2-3-8)7(13)14/h1,4H,2-3H2,(H,9,11)(H,10,12)(H,13,14). The molecular formula is C8H9N3O3. The summed E-state index contributed by atoms with van der Waals surface area (Å²) < 4.78 is 0. The fourth-order valence-electron chi connectivity index (χ4n) is 1.18. The Labute approximate surface area is 79.3 Å². The summed E-state index contributed by atoms with van der Waals surface area (Å²) in [6, 6.07) is 1.49. The van der Waals surface area contributed by atoms with Crippen LogP contribution < -0.4 is 5.32 Å².